The van der Waals surface area contributed by atoms with Crippen LogP contribution in [0.2, 0.25) is 0 Å². The molecule has 0 unspecified atom stereocenters. The van der Waals surface area contributed by atoms with Crippen molar-refractivity contribution in [3.8, 4) is 0 Å². The topological polar surface area (TPSA) is 14.1 Å². The average molecular weight is 128 g/mol. The van der Waals surface area contributed by atoms with Crippen molar-refractivity contribution in [2.45, 2.75) is 46.1 Å². The minimum Gasteiger partial charge on any atom is -0.236 e. The van der Waals surface area contributed by atoms with Crippen molar-refractivity contribution < 1.29 is 0 Å². The molecule has 0 rings (SSSR count). The first-order valence-electron chi connectivity index (χ1n) is 3.75. The lowest BCUT2D eigenvalue weighted by Gasteiger charge is -2.17. The Hall–Kier alpha value is -0.0400. The molecular weight excluding hydrogens is 110 g/mol. The van der Waals surface area contributed by atoms with Crippen molar-refractivity contribution in [3.05, 3.63) is 0 Å². The van der Waals surface area contributed by atoms with Gasteiger partial charge in [-0.05, 0) is 27.2 Å². The van der Waals surface area contributed by atoms with Crippen molar-refractivity contribution in [2.75, 3.05) is 6.54 Å². The second kappa shape index (κ2) is 3.89. The molecule has 0 N–H and O–H groups in total. The van der Waals surface area contributed by atoms with E-state index in [2.05, 4.69) is 33.0 Å². The first-order valence-corrected chi connectivity index (χ1v) is 3.75. The number of rotatable bonds is 3. The highest BCUT2D eigenvalue weighted by Crippen LogP contribution is 2.00. The molecule has 0 spiro atoms. The summed E-state index contributed by atoms with van der Waals surface area (Å²) in [7, 11) is 0. The minimum atomic E-state index is 0.176. The second-order valence-corrected chi connectivity index (χ2v) is 3.41. The van der Waals surface area contributed by atoms with Crippen molar-refractivity contribution in [2.24, 2.45) is 0 Å². The van der Waals surface area contributed by atoms with Crippen LogP contribution in [0, 0.1) is 0 Å². The van der Waals surface area contributed by atoms with Gasteiger partial charge in [0.05, 0.1) is 0 Å². The Kier molecular flexibility index (Phi) is 3.87. The predicted octanol–water partition coefficient (Wildman–Crippen LogP) is 2.19. The molecule has 0 aliphatic rings. The highest BCUT2D eigenvalue weighted by molar-refractivity contribution is 4.68. The monoisotopic (exact) mass is 128 g/mol. The zero-order chi connectivity index (χ0) is 7.33. The van der Waals surface area contributed by atoms with Crippen LogP contribution in [-0.4, -0.2) is 12.1 Å². The molecule has 0 amide bonds. The summed E-state index contributed by atoms with van der Waals surface area (Å²) in [5, 5.41) is 4.45. The molecule has 0 bridgehead atoms. The van der Waals surface area contributed by atoms with Gasteiger partial charge in [0.15, 0.2) is 0 Å². The number of nitrogens with zero attached hydrogens (tertiary/aromatic N) is 1. The largest absolute Gasteiger partial charge is 0.236 e. The van der Waals surface area contributed by atoms with E-state index in [1.54, 1.807) is 0 Å². The fourth-order valence-electron chi connectivity index (χ4n) is 0.573. The summed E-state index contributed by atoms with van der Waals surface area (Å²) in [5.74, 6) is 0. The quantitative estimate of drug-likeness (QED) is 0.517. The maximum atomic E-state index is 4.45. The van der Waals surface area contributed by atoms with E-state index >= 15 is 0 Å². The van der Waals surface area contributed by atoms with Gasteiger partial charge < -0.3 is 0 Å². The molecule has 1 radical (unpaired) electrons. The van der Waals surface area contributed by atoms with Crippen LogP contribution in [0.5, 0.6) is 0 Å². The number of hydrogen-bond acceptors (Lipinski definition) is 0. The van der Waals surface area contributed by atoms with Crippen LogP contribution in [-0.2, 0) is 0 Å². The predicted molar refractivity (Wildman–Crippen MR) is 41.7 cm³/mol. The molecule has 0 atom stereocenters. The van der Waals surface area contributed by atoms with Crippen molar-refractivity contribution >= 4 is 0 Å². The lowest BCUT2D eigenvalue weighted by molar-refractivity contribution is 0.411. The maximum Gasteiger partial charge on any atom is 0.0272 e. The van der Waals surface area contributed by atoms with E-state index < -0.39 is 0 Å². The molecular formula is C8H18N. The molecule has 1 nitrogen and oxygen atoms in total. The normalized spacial score (nSPS) is 12.0. The van der Waals surface area contributed by atoms with Gasteiger partial charge in [-0.3, -0.25) is 0 Å². The third kappa shape index (κ3) is 7.96. The molecule has 9 heavy (non-hydrogen) atoms. The maximum absolute atomic E-state index is 4.45. The molecule has 0 saturated heterocycles. The van der Waals surface area contributed by atoms with Gasteiger partial charge in [0, 0.05) is 12.1 Å². The van der Waals surface area contributed by atoms with Gasteiger partial charge in [0.1, 0.15) is 0 Å². The summed E-state index contributed by atoms with van der Waals surface area (Å²) in [6, 6.07) is 0. The highest BCUT2D eigenvalue weighted by atomic mass is 14.9. The van der Waals surface area contributed by atoms with Gasteiger partial charge in [-0.1, -0.05) is 13.3 Å². The van der Waals surface area contributed by atoms with Crippen LogP contribution in [0.1, 0.15) is 40.5 Å². The molecule has 0 aromatic heterocycles. The average Bonchev–Trinajstić information content (AvgIpc) is 1.63. The zero-order valence-electron chi connectivity index (χ0n) is 7.07. The summed E-state index contributed by atoms with van der Waals surface area (Å²) in [6.07, 6.45) is 2.48. The van der Waals surface area contributed by atoms with Crippen molar-refractivity contribution in [1.82, 2.24) is 5.32 Å². The third-order valence-corrected chi connectivity index (χ3v) is 1.10. The number of hydrogen-bond donors (Lipinski definition) is 0. The SMILES string of the molecule is CCCC[N]C(C)(C)C. The van der Waals surface area contributed by atoms with E-state index in [-0.39, 0.29) is 5.54 Å². The Morgan fingerprint density at radius 1 is 1.22 bits per heavy atom. The number of unbranched alkanes of at least 4 members (excludes halogenated alkanes) is 1. The summed E-state index contributed by atoms with van der Waals surface area (Å²) in [5.41, 5.74) is 0.176. The smallest absolute Gasteiger partial charge is 0.0272 e. The Morgan fingerprint density at radius 3 is 2.11 bits per heavy atom. The van der Waals surface area contributed by atoms with Gasteiger partial charge in [0.25, 0.3) is 0 Å². The molecule has 0 aliphatic carbocycles. The molecule has 1 heteroatoms. The van der Waals surface area contributed by atoms with Gasteiger partial charge in [0.2, 0.25) is 0 Å². The van der Waals surface area contributed by atoms with Crippen LogP contribution in [0.4, 0.5) is 0 Å². The Morgan fingerprint density at radius 2 is 1.78 bits per heavy atom. The molecule has 0 aromatic carbocycles. The lowest BCUT2D eigenvalue weighted by Crippen LogP contribution is -2.29. The van der Waals surface area contributed by atoms with Crippen molar-refractivity contribution in [3.63, 3.8) is 0 Å². The molecule has 55 valence electrons. The summed E-state index contributed by atoms with van der Waals surface area (Å²) >= 11 is 0. The lowest BCUT2D eigenvalue weighted by atomic mass is 10.1. The summed E-state index contributed by atoms with van der Waals surface area (Å²) < 4.78 is 0. The van der Waals surface area contributed by atoms with E-state index in [9.17, 15) is 0 Å². The van der Waals surface area contributed by atoms with E-state index in [4.69, 9.17) is 0 Å². The van der Waals surface area contributed by atoms with Crippen LogP contribution in [0.15, 0.2) is 0 Å². The first kappa shape index (κ1) is 8.96. The van der Waals surface area contributed by atoms with Gasteiger partial charge >= 0.3 is 0 Å². The Bertz CT molecular complexity index is 61.5. The van der Waals surface area contributed by atoms with E-state index in [1.165, 1.54) is 12.8 Å². The van der Waals surface area contributed by atoms with Crippen LogP contribution >= 0.6 is 0 Å². The van der Waals surface area contributed by atoms with E-state index in [0.29, 0.717) is 0 Å². The summed E-state index contributed by atoms with van der Waals surface area (Å²) in [6.45, 7) is 9.64. The minimum absolute atomic E-state index is 0.176. The van der Waals surface area contributed by atoms with E-state index in [1.807, 2.05) is 0 Å². The van der Waals surface area contributed by atoms with Gasteiger partial charge in [-0.15, -0.1) is 0 Å². The molecule has 0 fully saturated rings. The van der Waals surface area contributed by atoms with Crippen LogP contribution < -0.4 is 5.32 Å². The zero-order valence-corrected chi connectivity index (χ0v) is 7.07. The molecule has 0 aliphatic heterocycles. The standard InChI is InChI=1S/C8H18N/c1-5-6-7-9-8(2,3)4/h5-7H2,1-4H3. The fraction of sp³-hybridized carbons (Fsp3) is 1.00. The Balaban J connectivity index is 3.07. The summed E-state index contributed by atoms with van der Waals surface area (Å²) in [4.78, 5) is 0. The fourth-order valence-corrected chi connectivity index (χ4v) is 0.573. The molecule has 0 aromatic rings. The molecule has 0 heterocycles. The van der Waals surface area contributed by atoms with E-state index in [0.717, 1.165) is 6.54 Å². The Labute approximate surface area is 58.8 Å². The van der Waals surface area contributed by atoms with Gasteiger partial charge in [-0.25, -0.2) is 5.32 Å². The molecule has 0 saturated carbocycles. The van der Waals surface area contributed by atoms with Gasteiger partial charge in [-0.2, -0.15) is 0 Å². The van der Waals surface area contributed by atoms with Crippen LogP contribution in [0.3, 0.4) is 0 Å². The highest BCUT2D eigenvalue weighted by Gasteiger charge is 2.08. The third-order valence-electron chi connectivity index (χ3n) is 1.10. The van der Waals surface area contributed by atoms with Crippen LogP contribution in [0.25, 0.3) is 0 Å². The van der Waals surface area contributed by atoms with Crippen molar-refractivity contribution in [1.29, 1.82) is 0 Å². The first-order chi connectivity index (χ1) is 4.06. The second-order valence-electron chi connectivity index (χ2n) is 3.41.